The lowest BCUT2D eigenvalue weighted by molar-refractivity contribution is 0.102. The van der Waals surface area contributed by atoms with Crippen LogP contribution in [0.3, 0.4) is 0 Å². The number of pyridine rings is 1. The second kappa shape index (κ2) is 5.77. The number of aldehydes is 1. The van der Waals surface area contributed by atoms with E-state index in [1.165, 1.54) is 0 Å². The highest BCUT2D eigenvalue weighted by Crippen LogP contribution is 2.22. The molecule has 22 heavy (non-hydrogen) atoms. The fourth-order valence-electron chi connectivity index (χ4n) is 2.25. The van der Waals surface area contributed by atoms with Gasteiger partial charge in [0, 0.05) is 22.2 Å². The van der Waals surface area contributed by atoms with Gasteiger partial charge in [0.2, 0.25) is 0 Å². The van der Waals surface area contributed by atoms with E-state index >= 15 is 0 Å². The molecule has 0 spiro atoms. The zero-order valence-corrected chi connectivity index (χ0v) is 12.0. The molecule has 1 N–H and O–H groups in total. The Balaban J connectivity index is 1.93. The summed E-state index contributed by atoms with van der Waals surface area (Å²) < 4.78 is 0. The fraction of sp³-hybridized carbons (Fsp3) is 0.0556. The normalized spacial score (nSPS) is 10.4. The molecule has 0 aliphatic rings. The van der Waals surface area contributed by atoms with Gasteiger partial charge in [-0.05, 0) is 31.2 Å². The summed E-state index contributed by atoms with van der Waals surface area (Å²) in [6, 6.07) is 16.1. The number of para-hydroxylation sites is 1. The maximum absolute atomic E-state index is 12.3. The van der Waals surface area contributed by atoms with E-state index in [2.05, 4.69) is 10.3 Å². The maximum atomic E-state index is 12.3. The molecule has 4 heteroatoms. The van der Waals surface area contributed by atoms with E-state index in [0.29, 0.717) is 16.8 Å². The lowest BCUT2D eigenvalue weighted by Gasteiger charge is -2.09. The average molecular weight is 290 g/mol. The second-order valence-electron chi connectivity index (χ2n) is 5.02. The van der Waals surface area contributed by atoms with Crippen molar-refractivity contribution in [1.29, 1.82) is 0 Å². The Bertz CT molecular complexity index is 855. The Hall–Kier alpha value is -3.01. The molecule has 1 heterocycles. The minimum atomic E-state index is -0.228. The van der Waals surface area contributed by atoms with Crippen molar-refractivity contribution in [3.63, 3.8) is 0 Å². The predicted octanol–water partition coefficient (Wildman–Crippen LogP) is 3.61. The quantitative estimate of drug-likeness (QED) is 0.750. The van der Waals surface area contributed by atoms with Crippen molar-refractivity contribution in [2.75, 3.05) is 5.32 Å². The molecule has 0 aliphatic carbocycles. The Labute approximate surface area is 127 Å². The highest BCUT2D eigenvalue weighted by atomic mass is 16.1. The molecule has 1 amide bonds. The van der Waals surface area contributed by atoms with Crippen LogP contribution in [0.5, 0.6) is 0 Å². The lowest BCUT2D eigenvalue weighted by atomic mass is 10.1. The number of aryl methyl sites for hydroxylation is 1. The zero-order chi connectivity index (χ0) is 15.5. The van der Waals surface area contributed by atoms with Crippen molar-refractivity contribution in [3.05, 3.63) is 71.4 Å². The molecule has 4 nitrogen and oxygen atoms in total. The van der Waals surface area contributed by atoms with E-state index in [0.717, 1.165) is 22.9 Å². The molecular weight excluding hydrogens is 276 g/mol. The minimum absolute atomic E-state index is 0.228. The van der Waals surface area contributed by atoms with Crippen LogP contribution in [0.15, 0.2) is 54.6 Å². The maximum Gasteiger partial charge on any atom is 0.255 e. The van der Waals surface area contributed by atoms with Crippen molar-refractivity contribution in [2.24, 2.45) is 0 Å². The summed E-state index contributed by atoms with van der Waals surface area (Å²) in [6.07, 6.45) is 0.749. The number of carbonyl (C=O) groups excluding carboxylic acids is 2. The van der Waals surface area contributed by atoms with Crippen molar-refractivity contribution >= 4 is 28.8 Å². The number of hydrogen-bond acceptors (Lipinski definition) is 3. The first kappa shape index (κ1) is 13.9. The SMILES string of the molecule is Cc1ccc2cccc(NC(=O)c3ccc(C=O)cc3)c2n1. The average Bonchev–Trinajstić information content (AvgIpc) is 2.55. The summed E-state index contributed by atoms with van der Waals surface area (Å²) in [5, 5.41) is 3.85. The van der Waals surface area contributed by atoms with Gasteiger partial charge in [-0.1, -0.05) is 30.3 Å². The van der Waals surface area contributed by atoms with Crippen LogP contribution in [0.1, 0.15) is 26.4 Å². The summed E-state index contributed by atoms with van der Waals surface area (Å²) >= 11 is 0. The van der Waals surface area contributed by atoms with Crippen LogP contribution in [0.2, 0.25) is 0 Å². The predicted molar refractivity (Wildman–Crippen MR) is 86.3 cm³/mol. The molecule has 0 saturated carbocycles. The molecule has 3 aromatic rings. The van der Waals surface area contributed by atoms with Gasteiger partial charge in [-0.25, -0.2) is 0 Å². The van der Waals surface area contributed by atoms with E-state index in [1.54, 1.807) is 24.3 Å². The molecule has 0 unspecified atom stereocenters. The van der Waals surface area contributed by atoms with Gasteiger partial charge in [0.1, 0.15) is 6.29 Å². The Morgan fingerprint density at radius 1 is 1.05 bits per heavy atom. The van der Waals surface area contributed by atoms with E-state index in [-0.39, 0.29) is 5.91 Å². The first-order valence-electron chi connectivity index (χ1n) is 6.90. The van der Waals surface area contributed by atoms with Gasteiger partial charge in [-0.2, -0.15) is 0 Å². The first-order valence-corrected chi connectivity index (χ1v) is 6.90. The Kier molecular flexibility index (Phi) is 3.66. The molecule has 0 saturated heterocycles. The molecular formula is C18H14N2O2. The van der Waals surface area contributed by atoms with Gasteiger partial charge >= 0.3 is 0 Å². The number of nitrogens with zero attached hydrogens (tertiary/aromatic N) is 1. The third-order valence-corrected chi connectivity index (χ3v) is 3.42. The molecule has 0 radical (unpaired) electrons. The van der Waals surface area contributed by atoms with Crippen molar-refractivity contribution in [2.45, 2.75) is 6.92 Å². The van der Waals surface area contributed by atoms with Crippen LogP contribution in [0.4, 0.5) is 5.69 Å². The van der Waals surface area contributed by atoms with Gasteiger partial charge in [0.15, 0.2) is 0 Å². The minimum Gasteiger partial charge on any atom is -0.320 e. The smallest absolute Gasteiger partial charge is 0.255 e. The summed E-state index contributed by atoms with van der Waals surface area (Å²) in [5.74, 6) is -0.228. The third-order valence-electron chi connectivity index (χ3n) is 3.42. The molecule has 108 valence electrons. The monoisotopic (exact) mass is 290 g/mol. The molecule has 1 aromatic heterocycles. The molecule has 0 aliphatic heterocycles. The standard InChI is InChI=1S/C18H14N2O2/c1-12-5-8-14-3-2-4-16(17(14)19-12)20-18(22)15-9-6-13(11-21)7-10-15/h2-11H,1H3,(H,20,22). The second-order valence-corrected chi connectivity index (χ2v) is 5.02. The largest absolute Gasteiger partial charge is 0.320 e. The highest BCUT2D eigenvalue weighted by Gasteiger charge is 2.09. The summed E-state index contributed by atoms with van der Waals surface area (Å²) in [6.45, 7) is 1.91. The van der Waals surface area contributed by atoms with Crippen LogP contribution in [0.25, 0.3) is 10.9 Å². The van der Waals surface area contributed by atoms with Crippen LogP contribution < -0.4 is 5.32 Å². The number of benzene rings is 2. The van der Waals surface area contributed by atoms with Crippen LogP contribution in [-0.2, 0) is 0 Å². The number of carbonyl (C=O) groups is 2. The molecule has 0 atom stereocenters. The number of fused-ring (bicyclic) bond motifs is 1. The first-order chi connectivity index (χ1) is 10.7. The third kappa shape index (κ3) is 2.72. The van der Waals surface area contributed by atoms with E-state index in [9.17, 15) is 9.59 Å². The van der Waals surface area contributed by atoms with Crippen LogP contribution >= 0.6 is 0 Å². The van der Waals surface area contributed by atoms with Crippen LogP contribution in [0, 0.1) is 6.92 Å². The Morgan fingerprint density at radius 2 is 1.82 bits per heavy atom. The van der Waals surface area contributed by atoms with Gasteiger partial charge in [-0.3, -0.25) is 14.6 Å². The zero-order valence-electron chi connectivity index (χ0n) is 12.0. The number of anilines is 1. The van der Waals surface area contributed by atoms with E-state index in [4.69, 9.17) is 0 Å². The van der Waals surface area contributed by atoms with Crippen molar-refractivity contribution in [1.82, 2.24) is 4.98 Å². The number of aromatic nitrogens is 1. The van der Waals surface area contributed by atoms with Crippen molar-refractivity contribution < 1.29 is 9.59 Å². The Morgan fingerprint density at radius 3 is 2.55 bits per heavy atom. The molecule has 0 fully saturated rings. The van der Waals surface area contributed by atoms with Gasteiger partial charge < -0.3 is 5.32 Å². The van der Waals surface area contributed by atoms with Crippen LogP contribution in [-0.4, -0.2) is 17.2 Å². The van der Waals surface area contributed by atoms with Gasteiger partial charge in [-0.15, -0.1) is 0 Å². The number of nitrogens with one attached hydrogen (secondary N) is 1. The van der Waals surface area contributed by atoms with Gasteiger partial charge in [0.25, 0.3) is 5.91 Å². The fourth-order valence-corrected chi connectivity index (χ4v) is 2.25. The summed E-state index contributed by atoms with van der Waals surface area (Å²) in [4.78, 5) is 27.5. The topological polar surface area (TPSA) is 59.1 Å². The number of hydrogen-bond donors (Lipinski definition) is 1. The number of rotatable bonds is 3. The highest BCUT2D eigenvalue weighted by molar-refractivity contribution is 6.08. The summed E-state index contributed by atoms with van der Waals surface area (Å²) in [7, 11) is 0. The van der Waals surface area contributed by atoms with Crippen molar-refractivity contribution in [3.8, 4) is 0 Å². The van der Waals surface area contributed by atoms with Gasteiger partial charge in [0.05, 0.1) is 11.2 Å². The molecule has 3 rings (SSSR count). The van der Waals surface area contributed by atoms with E-state index < -0.39 is 0 Å². The lowest BCUT2D eigenvalue weighted by Crippen LogP contribution is -2.12. The molecule has 0 bridgehead atoms. The van der Waals surface area contributed by atoms with E-state index in [1.807, 2.05) is 37.3 Å². The molecule has 2 aromatic carbocycles. The number of amides is 1. The summed E-state index contributed by atoms with van der Waals surface area (Å²) in [5.41, 5.74) is 3.37.